The maximum Gasteiger partial charge on any atom is 0.275 e. The van der Waals surface area contributed by atoms with E-state index >= 15 is 0 Å². The number of hydrazine groups is 1. The number of anilines is 1. The Morgan fingerprint density at radius 3 is 2.80 bits per heavy atom. The summed E-state index contributed by atoms with van der Waals surface area (Å²) in [5, 5.41) is 9.11. The molecule has 0 bridgehead atoms. The van der Waals surface area contributed by atoms with Crippen molar-refractivity contribution in [3.05, 3.63) is 17.7 Å². The number of carbonyl (C=O) groups is 1. The fraction of sp³-hybridized carbons (Fsp3) is 0.615. The van der Waals surface area contributed by atoms with Crippen LogP contribution < -0.4 is 11.3 Å². The van der Waals surface area contributed by atoms with Crippen molar-refractivity contribution in [1.29, 1.82) is 0 Å². The number of rotatable bonds is 6. The van der Waals surface area contributed by atoms with Gasteiger partial charge in [-0.3, -0.25) is 10.6 Å². The highest BCUT2D eigenvalue weighted by Crippen LogP contribution is 2.29. The molecule has 1 fully saturated rings. The third kappa shape index (κ3) is 3.05. The number of nitrogens with zero attached hydrogens (tertiary/aromatic N) is 3. The van der Waals surface area contributed by atoms with E-state index in [4.69, 9.17) is 10.9 Å². The van der Waals surface area contributed by atoms with E-state index in [-0.39, 0.29) is 30.2 Å². The van der Waals surface area contributed by atoms with Crippen LogP contribution in [0, 0.1) is 0 Å². The molecule has 0 radical (unpaired) electrons. The van der Waals surface area contributed by atoms with Gasteiger partial charge in [0.15, 0.2) is 5.69 Å². The van der Waals surface area contributed by atoms with Gasteiger partial charge in [0.1, 0.15) is 5.82 Å². The Labute approximate surface area is 118 Å². The van der Waals surface area contributed by atoms with Crippen LogP contribution in [0.5, 0.6) is 0 Å². The second-order valence-electron chi connectivity index (χ2n) is 5.24. The maximum atomic E-state index is 12.6. The van der Waals surface area contributed by atoms with Crippen LogP contribution in [-0.4, -0.2) is 45.1 Å². The van der Waals surface area contributed by atoms with Gasteiger partial charge in [-0.2, -0.15) is 0 Å². The van der Waals surface area contributed by atoms with E-state index in [9.17, 15) is 4.79 Å². The summed E-state index contributed by atoms with van der Waals surface area (Å²) in [6, 6.07) is 0.206. The lowest BCUT2D eigenvalue weighted by atomic mass is 10.2. The fourth-order valence-electron chi connectivity index (χ4n) is 2.02. The zero-order chi connectivity index (χ0) is 14.7. The van der Waals surface area contributed by atoms with E-state index in [0.29, 0.717) is 18.1 Å². The maximum absolute atomic E-state index is 12.6. The summed E-state index contributed by atoms with van der Waals surface area (Å²) in [4.78, 5) is 22.8. The monoisotopic (exact) mass is 279 g/mol. The zero-order valence-electron chi connectivity index (χ0n) is 11.8. The highest BCUT2D eigenvalue weighted by Gasteiger charge is 2.34. The first kappa shape index (κ1) is 14.7. The molecule has 1 saturated carbocycles. The van der Waals surface area contributed by atoms with E-state index in [2.05, 4.69) is 15.4 Å². The van der Waals surface area contributed by atoms with Crippen molar-refractivity contribution in [2.24, 2.45) is 5.84 Å². The van der Waals surface area contributed by atoms with Crippen molar-refractivity contribution in [2.45, 2.75) is 38.6 Å². The summed E-state index contributed by atoms with van der Waals surface area (Å²) in [6.07, 6.45) is 3.47. The molecule has 0 saturated heterocycles. The molecular formula is C13H21N5O2. The number of amides is 1. The van der Waals surface area contributed by atoms with Crippen molar-refractivity contribution in [1.82, 2.24) is 14.9 Å². The summed E-state index contributed by atoms with van der Waals surface area (Å²) in [5.74, 6) is 5.95. The normalized spacial score (nSPS) is 14.4. The Morgan fingerprint density at radius 1 is 1.60 bits per heavy atom. The molecule has 2 rings (SSSR count). The Kier molecular flexibility index (Phi) is 4.51. The summed E-state index contributed by atoms with van der Waals surface area (Å²) in [7, 11) is 0. The lowest BCUT2D eigenvalue weighted by Crippen LogP contribution is -2.37. The quantitative estimate of drug-likeness (QED) is 0.517. The average molecular weight is 279 g/mol. The number of nitrogen functional groups attached to an aromatic ring is 1. The molecule has 0 aromatic carbocycles. The SMILES string of the molecule is CC(C)c1ncc(NN)c(C(=O)N(CCO)C2CC2)n1. The molecule has 4 N–H and O–H groups in total. The summed E-state index contributed by atoms with van der Waals surface area (Å²) >= 11 is 0. The predicted molar refractivity (Wildman–Crippen MR) is 75.1 cm³/mol. The van der Waals surface area contributed by atoms with E-state index in [0.717, 1.165) is 12.8 Å². The van der Waals surface area contributed by atoms with Gasteiger partial charge < -0.3 is 15.4 Å². The summed E-state index contributed by atoms with van der Waals surface area (Å²) < 4.78 is 0. The van der Waals surface area contributed by atoms with Gasteiger partial charge in [0.2, 0.25) is 0 Å². The van der Waals surface area contributed by atoms with Crippen LogP contribution in [0.15, 0.2) is 6.20 Å². The molecule has 0 aliphatic heterocycles. The number of nitrogens with two attached hydrogens (primary N) is 1. The minimum absolute atomic E-state index is 0.0598. The van der Waals surface area contributed by atoms with Crippen LogP contribution in [0.3, 0.4) is 0 Å². The lowest BCUT2D eigenvalue weighted by Gasteiger charge is -2.22. The number of carbonyl (C=O) groups excluding carboxylic acids is 1. The van der Waals surface area contributed by atoms with Crippen LogP contribution in [0.4, 0.5) is 5.69 Å². The number of nitrogens with one attached hydrogen (secondary N) is 1. The second kappa shape index (κ2) is 6.15. The molecule has 0 atom stereocenters. The molecule has 7 heteroatoms. The van der Waals surface area contributed by atoms with Gasteiger partial charge in [0.25, 0.3) is 5.91 Å². The third-order valence-electron chi connectivity index (χ3n) is 3.27. The van der Waals surface area contributed by atoms with Gasteiger partial charge in [-0.15, -0.1) is 0 Å². The van der Waals surface area contributed by atoms with E-state index in [1.165, 1.54) is 6.20 Å². The predicted octanol–water partition coefficient (Wildman–Crippen LogP) is 0.482. The summed E-state index contributed by atoms with van der Waals surface area (Å²) in [6.45, 7) is 4.18. The van der Waals surface area contributed by atoms with Crippen molar-refractivity contribution in [2.75, 3.05) is 18.6 Å². The Balaban J connectivity index is 2.32. The topological polar surface area (TPSA) is 104 Å². The minimum Gasteiger partial charge on any atom is -0.395 e. The molecule has 1 aliphatic rings. The highest BCUT2D eigenvalue weighted by atomic mass is 16.3. The van der Waals surface area contributed by atoms with E-state index in [1.807, 2.05) is 13.8 Å². The number of hydrogen-bond acceptors (Lipinski definition) is 6. The van der Waals surface area contributed by atoms with Gasteiger partial charge in [0, 0.05) is 18.5 Å². The molecule has 1 aromatic rings. The van der Waals surface area contributed by atoms with Crippen molar-refractivity contribution in [3.8, 4) is 0 Å². The number of aromatic nitrogens is 2. The van der Waals surface area contributed by atoms with Crippen LogP contribution >= 0.6 is 0 Å². The van der Waals surface area contributed by atoms with Gasteiger partial charge in [-0.25, -0.2) is 9.97 Å². The first-order chi connectivity index (χ1) is 9.58. The van der Waals surface area contributed by atoms with Crippen molar-refractivity contribution < 1.29 is 9.90 Å². The molecule has 20 heavy (non-hydrogen) atoms. The Morgan fingerprint density at radius 2 is 2.30 bits per heavy atom. The van der Waals surface area contributed by atoms with Crippen molar-refractivity contribution in [3.63, 3.8) is 0 Å². The van der Waals surface area contributed by atoms with Gasteiger partial charge in [-0.05, 0) is 12.8 Å². The largest absolute Gasteiger partial charge is 0.395 e. The van der Waals surface area contributed by atoms with Gasteiger partial charge >= 0.3 is 0 Å². The molecule has 1 aromatic heterocycles. The first-order valence-corrected chi connectivity index (χ1v) is 6.83. The van der Waals surface area contributed by atoms with Crippen LogP contribution in [-0.2, 0) is 0 Å². The molecule has 0 unspecified atom stereocenters. The number of hydrogen-bond donors (Lipinski definition) is 3. The lowest BCUT2D eigenvalue weighted by molar-refractivity contribution is 0.0702. The first-order valence-electron chi connectivity index (χ1n) is 6.83. The standard InChI is InChI=1S/C13H21N5O2/c1-8(2)12-15-7-10(17-14)11(16-12)13(20)18(5-6-19)9-3-4-9/h7-9,17,19H,3-6,14H2,1-2H3. The van der Waals surface area contributed by atoms with Gasteiger partial charge in [-0.1, -0.05) is 13.8 Å². The Bertz CT molecular complexity index is 488. The van der Waals surface area contributed by atoms with E-state index in [1.54, 1.807) is 4.90 Å². The number of aliphatic hydroxyl groups excluding tert-OH is 1. The van der Waals surface area contributed by atoms with Crippen LogP contribution in [0.25, 0.3) is 0 Å². The van der Waals surface area contributed by atoms with E-state index < -0.39 is 0 Å². The minimum atomic E-state index is -0.209. The molecule has 0 spiro atoms. The smallest absolute Gasteiger partial charge is 0.275 e. The molecule has 110 valence electrons. The van der Waals surface area contributed by atoms with Crippen LogP contribution in [0.1, 0.15) is 48.9 Å². The van der Waals surface area contributed by atoms with Crippen LogP contribution in [0.2, 0.25) is 0 Å². The second-order valence-corrected chi connectivity index (χ2v) is 5.24. The number of aliphatic hydroxyl groups is 1. The summed E-state index contributed by atoms with van der Waals surface area (Å²) in [5.41, 5.74) is 3.14. The highest BCUT2D eigenvalue weighted by molar-refractivity contribution is 5.97. The Hall–Kier alpha value is -1.73. The molecule has 1 aliphatic carbocycles. The zero-order valence-corrected chi connectivity index (χ0v) is 11.8. The molecule has 7 nitrogen and oxygen atoms in total. The fourth-order valence-corrected chi connectivity index (χ4v) is 2.02. The molecule has 1 heterocycles. The molecular weight excluding hydrogens is 258 g/mol. The molecule has 1 amide bonds. The van der Waals surface area contributed by atoms with Gasteiger partial charge in [0.05, 0.1) is 18.5 Å². The average Bonchev–Trinajstić information content (AvgIpc) is 3.27. The van der Waals surface area contributed by atoms with Crippen molar-refractivity contribution >= 4 is 11.6 Å². The third-order valence-corrected chi connectivity index (χ3v) is 3.27.